The Hall–Kier alpha value is -3.13. The van der Waals surface area contributed by atoms with E-state index in [1.807, 2.05) is 6.07 Å². The van der Waals surface area contributed by atoms with Crippen LogP contribution in [-0.4, -0.2) is 41.7 Å². The lowest BCUT2D eigenvalue weighted by molar-refractivity contribution is -0.139. The van der Waals surface area contributed by atoms with Crippen LogP contribution in [0.2, 0.25) is 10.0 Å². The van der Waals surface area contributed by atoms with Crippen LogP contribution in [0.4, 0.5) is 0 Å². The molecule has 0 aromatic heterocycles. The average Bonchev–Trinajstić information content (AvgIpc) is 2.87. The predicted molar refractivity (Wildman–Crippen MR) is 137 cm³/mol. The third-order valence-corrected chi connectivity index (χ3v) is 6.76. The molecule has 0 radical (unpaired) electrons. The molecule has 0 bridgehead atoms. The third-order valence-electron chi connectivity index (χ3n) is 5.79. The molecule has 7 nitrogen and oxygen atoms in total. The SMILES string of the molecule is COc1ccc(CCN(Cl)C(=O)c2ccc(Oc3cc4c(cc3Cl)C(C(=O)O)CCO4)cc2)c(Cl)c1. The Labute approximate surface area is 223 Å². The quantitative estimate of drug-likeness (QED) is 0.319. The number of hydrogen-bond donors (Lipinski definition) is 1. The van der Waals surface area contributed by atoms with Gasteiger partial charge in [-0.1, -0.05) is 29.3 Å². The molecule has 4 rings (SSSR count). The van der Waals surface area contributed by atoms with Crippen molar-refractivity contribution in [3.05, 3.63) is 81.3 Å². The van der Waals surface area contributed by atoms with Gasteiger partial charge in [-0.05, 0) is 60.9 Å². The number of hydrogen-bond acceptors (Lipinski definition) is 5. The molecule has 10 heteroatoms. The Bertz CT molecular complexity index is 1280. The minimum atomic E-state index is -0.926. The van der Waals surface area contributed by atoms with E-state index in [1.165, 1.54) is 0 Å². The van der Waals surface area contributed by atoms with Crippen molar-refractivity contribution in [2.45, 2.75) is 18.8 Å². The van der Waals surface area contributed by atoms with Crippen molar-refractivity contribution in [1.29, 1.82) is 0 Å². The number of ether oxygens (including phenoxy) is 3. The number of rotatable bonds is 8. The zero-order valence-corrected chi connectivity index (χ0v) is 21.4. The molecule has 0 saturated carbocycles. The van der Waals surface area contributed by atoms with Crippen LogP contribution in [-0.2, 0) is 11.2 Å². The lowest BCUT2D eigenvalue weighted by Crippen LogP contribution is -2.24. The summed E-state index contributed by atoms with van der Waals surface area (Å²) in [5.41, 5.74) is 1.74. The van der Waals surface area contributed by atoms with Gasteiger partial charge < -0.3 is 19.3 Å². The van der Waals surface area contributed by atoms with Crippen LogP contribution in [0.3, 0.4) is 0 Å². The Morgan fingerprint density at radius 3 is 2.44 bits per heavy atom. The molecule has 1 aliphatic heterocycles. The number of benzene rings is 3. The van der Waals surface area contributed by atoms with Crippen molar-refractivity contribution in [3.63, 3.8) is 0 Å². The molecule has 0 spiro atoms. The minimum Gasteiger partial charge on any atom is -0.497 e. The van der Waals surface area contributed by atoms with Crippen molar-refractivity contribution in [3.8, 4) is 23.0 Å². The van der Waals surface area contributed by atoms with Gasteiger partial charge in [-0.25, -0.2) is 0 Å². The number of carboxylic acid groups (broad SMARTS) is 1. The summed E-state index contributed by atoms with van der Waals surface area (Å²) in [6.07, 6.45) is 0.847. The Morgan fingerprint density at radius 1 is 1.06 bits per heavy atom. The molecule has 1 atom stereocenters. The highest BCUT2D eigenvalue weighted by Gasteiger charge is 2.29. The second-order valence-electron chi connectivity index (χ2n) is 8.07. The number of aliphatic carboxylic acids is 1. The van der Waals surface area contributed by atoms with E-state index < -0.39 is 11.9 Å². The van der Waals surface area contributed by atoms with Crippen LogP contribution < -0.4 is 14.2 Å². The molecular formula is C26H22Cl3NO6. The van der Waals surface area contributed by atoms with E-state index in [-0.39, 0.29) is 17.5 Å². The summed E-state index contributed by atoms with van der Waals surface area (Å²) in [6.45, 7) is 0.550. The molecule has 3 aromatic rings. The van der Waals surface area contributed by atoms with Crippen LogP contribution in [0.15, 0.2) is 54.6 Å². The number of nitrogens with zero attached hydrogens (tertiary/aromatic N) is 1. The maximum absolute atomic E-state index is 12.7. The van der Waals surface area contributed by atoms with E-state index in [0.717, 1.165) is 9.98 Å². The first-order valence-electron chi connectivity index (χ1n) is 11.0. The van der Waals surface area contributed by atoms with E-state index in [0.29, 0.717) is 58.6 Å². The van der Waals surface area contributed by atoms with Crippen LogP contribution in [0.25, 0.3) is 0 Å². The van der Waals surface area contributed by atoms with Crippen LogP contribution in [0.5, 0.6) is 23.0 Å². The molecule has 36 heavy (non-hydrogen) atoms. The molecule has 1 amide bonds. The summed E-state index contributed by atoms with van der Waals surface area (Å²) in [5.74, 6) is -0.142. The van der Waals surface area contributed by atoms with Gasteiger partial charge in [-0.3, -0.25) is 14.0 Å². The summed E-state index contributed by atoms with van der Waals surface area (Å²) >= 11 is 18.8. The number of fused-ring (bicyclic) bond motifs is 1. The van der Waals surface area contributed by atoms with Crippen molar-refractivity contribution in [2.75, 3.05) is 20.3 Å². The monoisotopic (exact) mass is 549 g/mol. The van der Waals surface area contributed by atoms with E-state index in [2.05, 4.69) is 0 Å². The third kappa shape index (κ3) is 5.81. The zero-order chi connectivity index (χ0) is 25.8. The van der Waals surface area contributed by atoms with Gasteiger partial charge in [0, 0.05) is 40.5 Å². The fraction of sp³-hybridized carbons (Fsp3) is 0.231. The first-order chi connectivity index (χ1) is 17.3. The standard InChI is InChI=1S/C26H22Cl3NO6/c1-34-18-7-2-15(21(27)12-18)8-10-30(29)25(31)16-3-5-17(6-4-16)36-24-14-23-20(13-22(24)28)19(26(32)33)9-11-35-23/h2-7,12-14,19H,8-11H2,1H3,(H,32,33). The molecule has 188 valence electrons. The molecular weight excluding hydrogens is 529 g/mol. The number of carbonyl (C=O) groups excluding carboxylic acids is 1. The van der Waals surface area contributed by atoms with E-state index in [9.17, 15) is 14.7 Å². The number of methoxy groups -OCH3 is 1. The highest BCUT2D eigenvalue weighted by Crippen LogP contribution is 2.41. The summed E-state index contributed by atoms with van der Waals surface area (Å²) < 4.78 is 17.7. The first kappa shape index (κ1) is 25.9. The molecule has 3 aromatic carbocycles. The van der Waals surface area contributed by atoms with Gasteiger partial charge in [0.25, 0.3) is 5.91 Å². The fourth-order valence-electron chi connectivity index (χ4n) is 3.83. The second kappa shape index (κ2) is 11.3. The maximum atomic E-state index is 12.7. The highest BCUT2D eigenvalue weighted by atomic mass is 35.5. The smallest absolute Gasteiger partial charge is 0.311 e. The van der Waals surface area contributed by atoms with Gasteiger partial charge in [0.05, 0.1) is 24.7 Å². The normalized spacial score (nSPS) is 14.4. The van der Waals surface area contributed by atoms with E-state index in [1.54, 1.807) is 55.6 Å². The fourth-order valence-corrected chi connectivity index (χ4v) is 4.49. The lowest BCUT2D eigenvalue weighted by atomic mass is 9.93. The van der Waals surface area contributed by atoms with Crippen molar-refractivity contribution in [2.24, 2.45) is 0 Å². The lowest BCUT2D eigenvalue weighted by Gasteiger charge is -2.24. The molecule has 1 heterocycles. The molecule has 0 fully saturated rings. The predicted octanol–water partition coefficient (Wildman–Crippen LogP) is 6.58. The van der Waals surface area contributed by atoms with Crippen LogP contribution in [0, 0.1) is 0 Å². The zero-order valence-electron chi connectivity index (χ0n) is 19.2. The summed E-state index contributed by atoms with van der Waals surface area (Å²) in [7, 11) is 1.56. The minimum absolute atomic E-state index is 0.257. The molecule has 0 saturated heterocycles. The van der Waals surface area contributed by atoms with E-state index >= 15 is 0 Å². The summed E-state index contributed by atoms with van der Waals surface area (Å²) in [4.78, 5) is 24.2. The van der Waals surface area contributed by atoms with Gasteiger partial charge in [-0.2, -0.15) is 0 Å². The topological polar surface area (TPSA) is 85.3 Å². The van der Waals surface area contributed by atoms with Crippen molar-refractivity contribution in [1.82, 2.24) is 4.42 Å². The Balaban J connectivity index is 1.40. The molecule has 1 N–H and O–H groups in total. The number of carboxylic acids is 1. The Kier molecular flexibility index (Phi) is 8.14. The van der Waals surface area contributed by atoms with Crippen molar-refractivity contribution < 1.29 is 28.9 Å². The van der Waals surface area contributed by atoms with Gasteiger partial charge >= 0.3 is 5.97 Å². The Morgan fingerprint density at radius 2 is 1.78 bits per heavy atom. The summed E-state index contributed by atoms with van der Waals surface area (Å²) in [6, 6.07) is 14.9. The van der Waals surface area contributed by atoms with E-state index in [4.69, 9.17) is 49.2 Å². The van der Waals surface area contributed by atoms with Crippen molar-refractivity contribution >= 4 is 46.9 Å². The molecule has 1 unspecified atom stereocenters. The second-order valence-corrected chi connectivity index (χ2v) is 9.30. The molecule has 0 aliphatic carbocycles. The maximum Gasteiger partial charge on any atom is 0.311 e. The number of halogens is 3. The first-order valence-corrected chi connectivity index (χ1v) is 12.1. The largest absolute Gasteiger partial charge is 0.497 e. The van der Waals surface area contributed by atoms with Gasteiger partial charge in [-0.15, -0.1) is 0 Å². The number of amides is 1. The molecule has 1 aliphatic rings. The van der Waals surface area contributed by atoms with Gasteiger partial charge in [0.1, 0.15) is 23.0 Å². The average molecular weight is 551 g/mol. The summed E-state index contributed by atoms with van der Waals surface area (Å²) in [5, 5.41) is 10.2. The van der Waals surface area contributed by atoms with Gasteiger partial charge in [0.15, 0.2) is 0 Å². The van der Waals surface area contributed by atoms with Crippen LogP contribution >= 0.6 is 35.0 Å². The van der Waals surface area contributed by atoms with Crippen LogP contribution in [0.1, 0.15) is 33.8 Å². The highest BCUT2D eigenvalue weighted by molar-refractivity contribution is 6.32. The van der Waals surface area contributed by atoms with Gasteiger partial charge in [0.2, 0.25) is 0 Å². The number of carbonyl (C=O) groups is 2.